The summed E-state index contributed by atoms with van der Waals surface area (Å²) >= 11 is 3.18. The molecule has 2 heterocycles. The number of hydrogen-bond acceptors (Lipinski definition) is 5. The molecule has 1 N–H and O–H groups in total. The molecule has 22 heavy (non-hydrogen) atoms. The maximum absolute atomic E-state index is 12.7. The van der Waals surface area contributed by atoms with Crippen LogP contribution in [0.25, 0.3) is 0 Å². The molecular formula is C15H17N3O2S2. The van der Waals surface area contributed by atoms with Gasteiger partial charge in [-0.15, -0.1) is 0 Å². The summed E-state index contributed by atoms with van der Waals surface area (Å²) in [6, 6.07) is 7.29. The molecule has 0 saturated heterocycles. The van der Waals surface area contributed by atoms with E-state index in [-0.39, 0.29) is 17.9 Å². The number of carbonyl (C=O) groups is 2. The van der Waals surface area contributed by atoms with E-state index in [2.05, 4.69) is 10.3 Å². The number of benzene rings is 1. The van der Waals surface area contributed by atoms with Gasteiger partial charge in [-0.25, -0.2) is 0 Å². The molecule has 2 aliphatic rings. The highest BCUT2D eigenvalue weighted by atomic mass is 32.2. The van der Waals surface area contributed by atoms with Crippen molar-refractivity contribution in [1.82, 2.24) is 0 Å². The molecule has 5 nitrogen and oxygen atoms in total. The van der Waals surface area contributed by atoms with Gasteiger partial charge in [-0.1, -0.05) is 35.7 Å². The minimum Gasteiger partial charge on any atom is -0.324 e. The van der Waals surface area contributed by atoms with Gasteiger partial charge in [0.05, 0.1) is 23.7 Å². The number of carbonyl (C=O) groups excluding carboxylic acids is 2. The molecule has 0 bridgehead atoms. The summed E-state index contributed by atoms with van der Waals surface area (Å²) in [6.45, 7) is 2.74. The predicted molar refractivity (Wildman–Crippen MR) is 93.9 cm³/mol. The van der Waals surface area contributed by atoms with Crippen molar-refractivity contribution in [2.45, 2.75) is 19.4 Å². The van der Waals surface area contributed by atoms with Gasteiger partial charge in [0.25, 0.3) is 0 Å². The van der Waals surface area contributed by atoms with Crippen molar-refractivity contribution in [2.75, 3.05) is 28.3 Å². The van der Waals surface area contributed by atoms with Crippen molar-refractivity contribution < 1.29 is 9.59 Å². The van der Waals surface area contributed by atoms with E-state index in [1.54, 1.807) is 16.7 Å². The van der Waals surface area contributed by atoms with Crippen LogP contribution in [0.3, 0.4) is 0 Å². The Hall–Kier alpha value is -1.47. The van der Waals surface area contributed by atoms with Gasteiger partial charge >= 0.3 is 0 Å². The number of thioether (sulfide) groups is 2. The molecule has 2 aliphatic heterocycles. The Labute approximate surface area is 137 Å². The van der Waals surface area contributed by atoms with Crippen molar-refractivity contribution >= 4 is 51.1 Å². The van der Waals surface area contributed by atoms with Gasteiger partial charge in [0, 0.05) is 18.2 Å². The monoisotopic (exact) mass is 335 g/mol. The lowest BCUT2D eigenvalue weighted by Gasteiger charge is -2.27. The maximum atomic E-state index is 12.7. The first kappa shape index (κ1) is 15.4. The van der Waals surface area contributed by atoms with E-state index in [1.807, 2.05) is 31.2 Å². The van der Waals surface area contributed by atoms with Crippen LogP contribution >= 0.6 is 23.5 Å². The second-order valence-corrected chi connectivity index (χ2v) is 7.47. The Kier molecular flexibility index (Phi) is 4.73. The number of fused-ring (bicyclic) bond motifs is 1. The van der Waals surface area contributed by atoms with Crippen LogP contribution in [0, 0.1) is 0 Å². The summed E-state index contributed by atoms with van der Waals surface area (Å²) in [5.74, 6) is 1.30. The highest BCUT2D eigenvalue weighted by molar-refractivity contribution is 8.39. The van der Waals surface area contributed by atoms with E-state index in [0.29, 0.717) is 17.9 Å². The molecule has 0 spiro atoms. The molecule has 116 valence electrons. The second-order valence-electron chi connectivity index (χ2n) is 5.17. The van der Waals surface area contributed by atoms with Crippen molar-refractivity contribution in [1.29, 1.82) is 0 Å². The van der Waals surface area contributed by atoms with Crippen LogP contribution in [-0.2, 0) is 9.59 Å². The number of hydrogen-bond donors (Lipinski definition) is 1. The van der Waals surface area contributed by atoms with E-state index >= 15 is 0 Å². The number of amides is 2. The van der Waals surface area contributed by atoms with Crippen LogP contribution in [0.1, 0.15) is 13.3 Å². The molecule has 1 atom stereocenters. The standard InChI is InChI=1S/C15H17N3O2S2/c1-10-8-13(19)17-11-4-2-3-5-12(11)18(10)14(20)9-22-15-16-6-7-21-15/h2-5,10H,6-9H2,1H3,(H,17,19)/t10-/m0/s1. The third-order valence-corrected chi connectivity index (χ3v) is 5.74. The van der Waals surface area contributed by atoms with Crippen LogP contribution in [0.2, 0.25) is 0 Å². The number of nitrogens with zero attached hydrogens (tertiary/aromatic N) is 2. The summed E-state index contributed by atoms with van der Waals surface area (Å²) in [5, 5.41) is 2.87. The molecular weight excluding hydrogens is 318 g/mol. The SMILES string of the molecule is C[C@H]1CC(=O)Nc2ccccc2N1C(=O)CSC1=NCCS1. The zero-order valence-electron chi connectivity index (χ0n) is 12.2. The highest BCUT2D eigenvalue weighted by Gasteiger charge is 2.29. The average molecular weight is 335 g/mol. The van der Waals surface area contributed by atoms with Gasteiger partial charge in [-0.2, -0.15) is 0 Å². The third-order valence-electron chi connectivity index (χ3n) is 3.50. The molecule has 0 saturated carbocycles. The van der Waals surface area contributed by atoms with E-state index < -0.39 is 0 Å². The summed E-state index contributed by atoms with van der Waals surface area (Å²) in [4.78, 5) is 30.7. The summed E-state index contributed by atoms with van der Waals surface area (Å²) in [7, 11) is 0. The predicted octanol–water partition coefficient (Wildman–Crippen LogP) is 2.59. The number of para-hydroxylation sites is 2. The van der Waals surface area contributed by atoms with E-state index in [9.17, 15) is 9.59 Å². The van der Waals surface area contributed by atoms with Crippen LogP contribution < -0.4 is 10.2 Å². The van der Waals surface area contributed by atoms with Crippen LogP contribution in [0.5, 0.6) is 0 Å². The molecule has 0 fully saturated rings. The Balaban J connectivity index is 1.80. The summed E-state index contributed by atoms with van der Waals surface area (Å²) in [5.41, 5.74) is 1.47. The molecule has 1 aromatic carbocycles. The van der Waals surface area contributed by atoms with Gasteiger partial charge < -0.3 is 10.2 Å². The zero-order chi connectivity index (χ0) is 15.5. The van der Waals surface area contributed by atoms with Crippen LogP contribution in [0.4, 0.5) is 11.4 Å². The molecule has 1 aromatic rings. The topological polar surface area (TPSA) is 61.8 Å². The van der Waals surface area contributed by atoms with Gasteiger partial charge in [0.1, 0.15) is 4.38 Å². The van der Waals surface area contributed by atoms with Gasteiger partial charge in [0.2, 0.25) is 11.8 Å². The largest absolute Gasteiger partial charge is 0.324 e. The van der Waals surface area contributed by atoms with Gasteiger partial charge in [0.15, 0.2) is 0 Å². The van der Waals surface area contributed by atoms with E-state index in [0.717, 1.165) is 22.4 Å². The Morgan fingerprint density at radius 2 is 2.32 bits per heavy atom. The lowest BCUT2D eigenvalue weighted by molar-refractivity contribution is -0.117. The molecule has 7 heteroatoms. The normalized spacial score (nSPS) is 21.0. The average Bonchev–Trinajstić information content (AvgIpc) is 2.96. The lowest BCUT2D eigenvalue weighted by Crippen LogP contribution is -2.40. The fourth-order valence-corrected chi connectivity index (χ4v) is 4.43. The number of nitrogens with one attached hydrogen (secondary N) is 1. The molecule has 0 radical (unpaired) electrons. The quantitative estimate of drug-likeness (QED) is 0.902. The fraction of sp³-hybridized carbons (Fsp3) is 0.400. The summed E-state index contributed by atoms with van der Waals surface area (Å²) < 4.78 is 0.985. The third kappa shape index (κ3) is 3.30. The zero-order valence-corrected chi connectivity index (χ0v) is 13.9. The van der Waals surface area contributed by atoms with Crippen LogP contribution in [-0.4, -0.2) is 40.3 Å². The Morgan fingerprint density at radius 1 is 1.50 bits per heavy atom. The number of anilines is 2. The summed E-state index contributed by atoms with van der Waals surface area (Å²) in [6.07, 6.45) is 0.306. The molecule has 3 rings (SSSR count). The number of aliphatic imine (C=N–C) groups is 1. The molecule has 2 amide bonds. The lowest BCUT2D eigenvalue weighted by atomic mass is 10.2. The first-order valence-electron chi connectivity index (χ1n) is 7.16. The smallest absolute Gasteiger partial charge is 0.237 e. The fourth-order valence-electron chi connectivity index (χ4n) is 2.56. The van der Waals surface area contributed by atoms with Crippen LogP contribution in [0.15, 0.2) is 29.3 Å². The highest BCUT2D eigenvalue weighted by Crippen LogP contribution is 2.32. The first-order valence-corrected chi connectivity index (χ1v) is 9.13. The van der Waals surface area contributed by atoms with Gasteiger partial charge in [-0.3, -0.25) is 14.6 Å². The molecule has 0 aromatic heterocycles. The van der Waals surface area contributed by atoms with Crippen molar-refractivity contribution in [2.24, 2.45) is 4.99 Å². The Morgan fingerprint density at radius 3 is 3.09 bits per heavy atom. The van der Waals surface area contributed by atoms with Crippen molar-refractivity contribution in [3.8, 4) is 0 Å². The second kappa shape index (κ2) is 6.75. The molecule has 0 unspecified atom stereocenters. The Bertz CT molecular complexity index is 633. The van der Waals surface area contributed by atoms with Crippen molar-refractivity contribution in [3.05, 3.63) is 24.3 Å². The van der Waals surface area contributed by atoms with Crippen molar-refractivity contribution in [3.63, 3.8) is 0 Å². The minimum atomic E-state index is -0.157. The maximum Gasteiger partial charge on any atom is 0.237 e. The van der Waals surface area contributed by atoms with Gasteiger partial charge in [-0.05, 0) is 19.1 Å². The minimum absolute atomic E-state index is 0.0108. The van der Waals surface area contributed by atoms with E-state index in [1.165, 1.54) is 11.8 Å². The number of rotatable bonds is 2. The first-order chi connectivity index (χ1) is 10.6. The van der Waals surface area contributed by atoms with E-state index in [4.69, 9.17) is 0 Å². The molecule has 0 aliphatic carbocycles.